The zero-order valence-corrected chi connectivity index (χ0v) is 13.8. The first-order valence-electron chi connectivity index (χ1n) is 7.00. The van der Waals surface area contributed by atoms with E-state index >= 15 is 0 Å². The van der Waals surface area contributed by atoms with Crippen molar-refractivity contribution in [3.63, 3.8) is 0 Å². The normalized spacial score (nSPS) is 12.2. The third kappa shape index (κ3) is 3.70. The van der Waals surface area contributed by atoms with Crippen LogP contribution in [0.1, 0.15) is 24.1 Å². The molecular formula is C17H20Cl2N2. The van der Waals surface area contributed by atoms with Crippen molar-refractivity contribution in [1.29, 1.82) is 0 Å². The van der Waals surface area contributed by atoms with E-state index in [4.69, 9.17) is 28.9 Å². The standard InChI is InChI=1S/C17H20Cl2N2/c1-12(15-5-3-4-6-16(15)18)21(2)14-8-7-13(9-10-20)17(19)11-14/h3-8,11-12H,9-10,20H2,1-2H3. The number of nitrogens with two attached hydrogens (primary N) is 1. The van der Waals surface area contributed by atoms with Gasteiger partial charge in [0.1, 0.15) is 0 Å². The molecule has 0 radical (unpaired) electrons. The lowest BCUT2D eigenvalue weighted by molar-refractivity contribution is 0.740. The van der Waals surface area contributed by atoms with E-state index < -0.39 is 0 Å². The molecule has 2 rings (SSSR count). The fourth-order valence-corrected chi connectivity index (χ4v) is 2.92. The molecule has 0 bridgehead atoms. The monoisotopic (exact) mass is 322 g/mol. The Morgan fingerprint density at radius 1 is 1.10 bits per heavy atom. The average molecular weight is 323 g/mol. The summed E-state index contributed by atoms with van der Waals surface area (Å²) in [6.07, 6.45) is 0.795. The van der Waals surface area contributed by atoms with E-state index in [0.717, 1.165) is 33.3 Å². The highest BCUT2D eigenvalue weighted by Crippen LogP contribution is 2.31. The molecule has 21 heavy (non-hydrogen) atoms. The average Bonchev–Trinajstić information content (AvgIpc) is 2.48. The number of rotatable bonds is 5. The second-order valence-electron chi connectivity index (χ2n) is 5.12. The third-order valence-electron chi connectivity index (χ3n) is 3.79. The van der Waals surface area contributed by atoms with E-state index in [0.29, 0.717) is 6.54 Å². The van der Waals surface area contributed by atoms with Crippen LogP contribution < -0.4 is 10.6 Å². The lowest BCUT2D eigenvalue weighted by Crippen LogP contribution is -2.22. The van der Waals surface area contributed by atoms with Crippen LogP contribution in [-0.4, -0.2) is 13.6 Å². The van der Waals surface area contributed by atoms with Crippen molar-refractivity contribution < 1.29 is 0 Å². The predicted molar refractivity (Wildman–Crippen MR) is 92.5 cm³/mol. The van der Waals surface area contributed by atoms with Crippen LogP contribution in [0, 0.1) is 0 Å². The SMILES string of the molecule is CC(c1ccccc1Cl)N(C)c1ccc(CCN)c(Cl)c1. The molecule has 0 aromatic heterocycles. The Bertz CT molecular complexity index is 613. The fourth-order valence-electron chi connectivity index (χ4n) is 2.36. The molecule has 1 atom stereocenters. The van der Waals surface area contributed by atoms with Crippen LogP contribution in [-0.2, 0) is 6.42 Å². The van der Waals surface area contributed by atoms with Gasteiger partial charge < -0.3 is 10.6 Å². The van der Waals surface area contributed by atoms with Gasteiger partial charge in [0.2, 0.25) is 0 Å². The van der Waals surface area contributed by atoms with Crippen LogP contribution in [0.3, 0.4) is 0 Å². The second-order valence-corrected chi connectivity index (χ2v) is 5.94. The summed E-state index contributed by atoms with van der Waals surface area (Å²) in [7, 11) is 2.04. The van der Waals surface area contributed by atoms with Gasteiger partial charge in [-0.05, 0) is 49.2 Å². The van der Waals surface area contributed by atoms with E-state index in [-0.39, 0.29) is 6.04 Å². The molecule has 2 N–H and O–H groups in total. The van der Waals surface area contributed by atoms with Gasteiger partial charge in [-0.25, -0.2) is 0 Å². The molecule has 2 aromatic rings. The zero-order valence-electron chi connectivity index (χ0n) is 12.3. The first-order chi connectivity index (χ1) is 10.0. The maximum atomic E-state index is 6.33. The summed E-state index contributed by atoms with van der Waals surface area (Å²) in [5.74, 6) is 0. The first kappa shape index (κ1) is 16.2. The number of anilines is 1. The third-order valence-corrected chi connectivity index (χ3v) is 4.49. The Balaban J connectivity index is 2.25. The van der Waals surface area contributed by atoms with Crippen molar-refractivity contribution >= 4 is 28.9 Å². The summed E-state index contributed by atoms with van der Waals surface area (Å²) in [4.78, 5) is 2.17. The van der Waals surface area contributed by atoms with Crippen molar-refractivity contribution in [1.82, 2.24) is 0 Å². The smallest absolute Gasteiger partial charge is 0.0525 e. The minimum absolute atomic E-state index is 0.162. The van der Waals surface area contributed by atoms with Crippen LogP contribution >= 0.6 is 23.2 Å². The lowest BCUT2D eigenvalue weighted by atomic mass is 10.1. The summed E-state index contributed by atoms with van der Waals surface area (Å²) in [5.41, 5.74) is 8.83. The van der Waals surface area contributed by atoms with E-state index in [1.807, 2.05) is 43.4 Å². The van der Waals surface area contributed by atoms with Gasteiger partial charge in [0, 0.05) is 22.8 Å². The Morgan fingerprint density at radius 3 is 2.43 bits per heavy atom. The maximum Gasteiger partial charge on any atom is 0.0525 e. The first-order valence-corrected chi connectivity index (χ1v) is 7.76. The van der Waals surface area contributed by atoms with E-state index in [2.05, 4.69) is 17.9 Å². The zero-order chi connectivity index (χ0) is 15.4. The van der Waals surface area contributed by atoms with Gasteiger partial charge in [-0.2, -0.15) is 0 Å². The summed E-state index contributed by atoms with van der Waals surface area (Å²) in [6.45, 7) is 2.73. The number of benzene rings is 2. The van der Waals surface area contributed by atoms with Crippen molar-refractivity contribution in [3.8, 4) is 0 Å². The number of halogens is 2. The van der Waals surface area contributed by atoms with Crippen molar-refractivity contribution in [3.05, 3.63) is 63.6 Å². The van der Waals surface area contributed by atoms with Gasteiger partial charge in [-0.1, -0.05) is 47.5 Å². The minimum atomic E-state index is 0.162. The lowest BCUT2D eigenvalue weighted by Gasteiger charge is -2.28. The molecule has 0 heterocycles. The summed E-state index contributed by atoms with van der Waals surface area (Å²) in [5, 5.41) is 1.54. The van der Waals surface area contributed by atoms with Crippen molar-refractivity contribution in [2.45, 2.75) is 19.4 Å². The van der Waals surface area contributed by atoms with Crippen LogP contribution in [0.4, 0.5) is 5.69 Å². The maximum absolute atomic E-state index is 6.33. The highest BCUT2D eigenvalue weighted by molar-refractivity contribution is 6.32. The molecular weight excluding hydrogens is 303 g/mol. The molecule has 0 spiro atoms. The molecule has 0 saturated heterocycles. The number of hydrogen-bond acceptors (Lipinski definition) is 2. The molecule has 0 aliphatic carbocycles. The van der Waals surface area contributed by atoms with Gasteiger partial charge >= 0.3 is 0 Å². The highest BCUT2D eigenvalue weighted by Gasteiger charge is 2.15. The molecule has 112 valence electrons. The van der Waals surface area contributed by atoms with Crippen LogP contribution in [0.25, 0.3) is 0 Å². The molecule has 2 aromatic carbocycles. The molecule has 0 aliphatic heterocycles. The van der Waals surface area contributed by atoms with Crippen molar-refractivity contribution in [2.75, 3.05) is 18.5 Å². The van der Waals surface area contributed by atoms with Crippen LogP contribution in [0.15, 0.2) is 42.5 Å². The summed E-state index contributed by atoms with van der Waals surface area (Å²) in [6, 6.07) is 14.2. The fraction of sp³-hybridized carbons (Fsp3) is 0.294. The molecule has 4 heteroatoms. The molecule has 0 amide bonds. The Hall–Kier alpha value is -1.22. The molecule has 2 nitrogen and oxygen atoms in total. The van der Waals surface area contributed by atoms with Gasteiger partial charge in [-0.15, -0.1) is 0 Å². The Morgan fingerprint density at radius 2 is 1.81 bits per heavy atom. The van der Waals surface area contributed by atoms with Gasteiger partial charge in [0.25, 0.3) is 0 Å². The van der Waals surface area contributed by atoms with Gasteiger partial charge in [0.05, 0.1) is 6.04 Å². The van der Waals surface area contributed by atoms with Gasteiger partial charge in [-0.3, -0.25) is 0 Å². The largest absolute Gasteiger partial charge is 0.368 e. The van der Waals surface area contributed by atoms with Gasteiger partial charge in [0.15, 0.2) is 0 Å². The number of nitrogens with zero attached hydrogens (tertiary/aromatic N) is 1. The summed E-state index contributed by atoms with van der Waals surface area (Å²) >= 11 is 12.6. The van der Waals surface area contributed by atoms with E-state index in [1.54, 1.807) is 0 Å². The van der Waals surface area contributed by atoms with Crippen LogP contribution in [0.5, 0.6) is 0 Å². The molecule has 0 saturated carbocycles. The van der Waals surface area contributed by atoms with E-state index in [9.17, 15) is 0 Å². The predicted octanol–water partition coefficient (Wildman–Crippen LogP) is 4.69. The summed E-state index contributed by atoms with van der Waals surface area (Å²) < 4.78 is 0. The quantitative estimate of drug-likeness (QED) is 0.865. The molecule has 1 unspecified atom stereocenters. The van der Waals surface area contributed by atoms with E-state index in [1.165, 1.54) is 0 Å². The molecule has 0 aliphatic rings. The number of hydrogen-bond donors (Lipinski definition) is 1. The highest BCUT2D eigenvalue weighted by atomic mass is 35.5. The minimum Gasteiger partial charge on any atom is -0.368 e. The topological polar surface area (TPSA) is 29.3 Å². The molecule has 0 fully saturated rings. The van der Waals surface area contributed by atoms with Crippen molar-refractivity contribution in [2.24, 2.45) is 5.73 Å². The Labute approximate surface area is 136 Å². The van der Waals surface area contributed by atoms with Crippen LogP contribution in [0.2, 0.25) is 10.0 Å². The Kier molecular flexibility index (Phi) is 5.51. The second kappa shape index (κ2) is 7.17.